The van der Waals surface area contributed by atoms with Crippen molar-refractivity contribution in [1.82, 2.24) is 0 Å². The average Bonchev–Trinajstić information content (AvgIpc) is 4.11. The summed E-state index contributed by atoms with van der Waals surface area (Å²) in [4.78, 5) is 2.40. The summed E-state index contributed by atoms with van der Waals surface area (Å²) in [5.74, 6) is 0. The lowest BCUT2D eigenvalue weighted by molar-refractivity contribution is 0.669. The van der Waals surface area contributed by atoms with Gasteiger partial charge in [-0.1, -0.05) is 212 Å². The van der Waals surface area contributed by atoms with Gasteiger partial charge in [-0.2, -0.15) is 0 Å². The molecule has 3 heteroatoms. The van der Waals surface area contributed by atoms with E-state index >= 15 is 0 Å². The van der Waals surface area contributed by atoms with Gasteiger partial charge < -0.3 is 13.7 Å². The highest BCUT2D eigenvalue weighted by Crippen LogP contribution is 2.57. The SMILES string of the molecule is c1ccc(C2(c3ccccc3)c3ccccc3-c3cc(N(c4ccc(-c5ccc(-c6cccc7c6oc6ccccc67)cc5)cc4)c4cccc(-c5cccc6c5oc5ccccc56)c4)ccc32)cc1. The van der Waals surface area contributed by atoms with Crippen LogP contribution in [-0.4, -0.2) is 0 Å². The minimum absolute atomic E-state index is 0.487. The number of hydrogen-bond donors (Lipinski definition) is 0. The van der Waals surface area contributed by atoms with Crippen LogP contribution in [0, 0.1) is 0 Å². The molecule has 0 aliphatic heterocycles. The van der Waals surface area contributed by atoms with Crippen LogP contribution in [0.5, 0.6) is 0 Å². The molecule has 0 atom stereocenters. The van der Waals surface area contributed by atoms with E-state index in [1.165, 1.54) is 33.4 Å². The summed E-state index contributed by atoms with van der Waals surface area (Å²) in [6.07, 6.45) is 0. The molecule has 0 fully saturated rings. The molecule has 328 valence electrons. The van der Waals surface area contributed by atoms with Crippen LogP contribution in [0.2, 0.25) is 0 Å². The Morgan fingerprint density at radius 3 is 1.37 bits per heavy atom. The predicted molar refractivity (Wildman–Crippen MR) is 289 cm³/mol. The predicted octanol–water partition coefficient (Wildman–Crippen LogP) is 18.3. The van der Waals surface area contributed by atoms with Gasteiger partial charge in [-0.25, -0.2) is 0 Å². The van der Waals surface area contributed by atoms with Gasteiger partial charge in [0.25, 0.3) is 0 Å². The summed E-state index contributed by atoms with van der Waals surface area (Å²) in [7, 11) is 0. The van der Waals surface area contributed by atoms with Crippen LogP contribution in [0.25, 0.3) is 88.4 Å². The number of anilines is 3. The Hall–Kier alpha value is -9.18. The van der Waals surface area contributed by atoms with Crippen molar-refractivity contribution in [2.75, 3.05) is 4.90 Å². The lowest BCUT2D eigenvalue weighted by Crippen LogP contribution is -2.28. The third-order valence-electron chi connectivity index (χ3n) is 14.6. The van der Waals surface area contributed by atoms with Gasteiger partial charge in [-0.3, -0.25) is 0 Å². The van der Waals surface area contributed by atoms with Crippen LogP contribution in [0.4, 0.5) is 17.1 Å². The van der Waals surface area contributed by atoms with Crippen molar-refractivity contribution in [3.8, 4) is 44.5 Å². The summed E-state index contributed by atoms with van der Waals surface area (Å²) in [5, 5.41) is 4.51. The molecule has 11 aromatic carbocycles. The van der Waals surface area contributed by atoms with Crippen molar-refractivity contribution in [2.24, 2.45) is 0 Å². The van der Waals surface area contributed by atoms with Crippen molar-refractivity contribution in [3.05, 3.63) is 283 Å². The first kappa shape index (κ1) is 39.9. The second kappa shape index (κ2) is 16.0. The molecule has 0 amide bonds. The first-order chi connectivity index (χ1) is 34.7. The smallest absolute Gasteiger partial charge is 0.143 e. The molecule has 0 radical (unpaired) electrons. The molecule has 3 nitrogen and oxygen atoms in total. The zero-order valence-electron chi connectivity index (χ0n) is 38.1. The van der Waals surface area contributed by atoms with Gasteiger partial charge in [-0.05, 0) is 104 Å². The zero-order valence-corrected chi connectivity index (χ0v) is 38.1. The lowest BCUT2D eigenvalue weighted by atomic mass is 9.68. The van der Waals surface area contributed by atoms with Gasteiger partial charge in [0, 0.05) is 49.7 Å². The third-order valence-corrected chi connectivity index (χ3v) is 14.6. The van der Waals surface area contributed by atoms with Gasteiger partial charge >= 0.3 is 0 Å². The molecular formula is C67H43NO2. The van der Waals surface area contributed by atoms with Crippen LogP contribution in [0.1, 0.15) is 22.3 Å². The van der Waals surface area contributed by atoms with Crippen molar-refractivity contribution in [3.63, 3.8) is 0 Å². The number of benzene rings is 11. The Morgan fingerprint density at radius 2 is 0.729 bits per heavy atom. The minimum atomic E-state index is -0.487. The minimum Gasteiger partial charge on any atom is -0.455 e. The van der Waals surface area contributed by atoms with E-state index in [1.54, 1.807) is 0 Å². The van der Waals surface area contributed by atoms with Crippen LogP contribution in [0.3, 0.4) is 0 Å². The standard InChI is InChI=1S/C67H43NO2/c1-3-17-48(18-4-1)67(49-19-5-2-6-20-49)61-29-10-7-22-55(61)60-43-52(40-41-62(60)67)68(51-21-13-16-47(42-51)54-26-15-28-59-57-24-9-12-31-64(57)70-66(54)59)50-38-36-45(37-39-50)44-32-34-46(35-33-44)53-25-14-27-58-56-23-8-11-30-63(56)69-65(53)58/h1-43H. The summed E-state index contributed by atoms with van der Waals surface area (Å²) in [5.41, 5.74) is 20.5. The van der Waals surface area contributed by atoms with Crippen LogP contribution in [0.15, 0.2) is 270 Å². The summed E-state index contributed by atoms with van der Waals surface area (Å²) >= 11 is 0. The van der Waals surface area contributed by atoms with Gasteiger partial charge in [0.2, 0.25) is 0 Å². The highest BCUT2D eigenvalue weighted by Gasteiger charge is 2.46. The maximum absolute atomic E-state index is 6.58. The summed E-state index contributed by atoms with van der Waals surface area (Å²) in [6, 6.07) is 94.2. The fraction of sp³-hybridized carbons (Fsp3) is 0.0149. The van der Waals surface area contributed by atoms with Crippen LogP contribution >= 0.6 is 0 Å². The van der Waals surface area contributed by atoms with E-state index in [2.05, 4.69) is 241 Å². The van der Waals surface area contributed by atoms with Crippen molar-refractivity contribution in [1.29, 1.82) is 0 Å². The zero-order chi connectivity index (χ0) is 46.2. The van der Waals surface area contributed by atoms with Crippen molar-refractivity contribution < 1.29 is 8.83 Å². The number of hydrogen-bond acceptors (Lipinski definition) is 3. The molecule has 0 spiro atoms. The normalized spacial score (nSPS) is 12.7. The van der Waals surface area contributed by atoms with Crippen LogP contribution < -0.4 is 4.90 Å². The second-order valence-electron chi connectivity index (χ2n) is 18.3. The van der Waals surface area contributed by atoms with Crippen LogP contribution in [-0.2, 0) is 5.41 Å². The molecule has 2 aromatic heterocycles. The number of furan rings is 2. The molecular weight excluding hydrogens is 851 g/mol. The molecule has 70 heavy (non-hydrogen) atoms. The Labute approximate surface area is 405 Å². The Bertz CT molecular complexity index is 4070. The van der Waals surface area contributed by atoms with E-state index < -0.39 is 5.41 Å². The number of nitrogens with zero attached hydrogens (tertiary/aromatic N) is 1. The van der Waals surface area contributed by atoms with E-state index in [4.69, 9.17) is 8.83 Å². The molecule has 0 unspecified atom stereocenters. The lowest BCUT2D eigenvalue weighted by Gasteiger charge is -2.34. The fourth-order valence-corrected chi connectivity index (χ4v) is 11.4. The highest BCUT2D eigenvalue weighted by molar-refractivity contribution is 6.11. The summed E-state index contributed by atoms with van der Waals surface area (Å²) < 4.78 is 13.0. The molecule has 0 saturated carbocycles. The first-order valence-electron chi connectivity index (χ1n) is 24.0. The first-order valence-corrected chi connectivity index (χ1v) is 24.0. The molecule has 13 aromatic rings. The van der Waals surface area contributed by atoms with E-state index in [0.717, 1.165) is 94.3 Å². The topological polar surface area (TPSA) is 29.5 Å². The molecule has 0 saturated heterocycles. The maximum Gasteiger partial charge on any atom is 0.143 e. The Morgan fingerprint density at radius 1 is 0.271 bits per heavy atom. The largest absolute Gasteiger partial charge is 0.455 e. The van der Waals surface area contributed by atoms with E-state index in [9.17, 15) is 0 Å². The number of para-hydroxylation sites is 4. The molecule has 0 N–H and O–H groups in total. The third kappa shape index (κ3) is 6.15. The van der Waals surface area contributed by atoms with Gasteiger partial charge in [0.1, 0.15) is 22.3 Å². The Balaban J connectivity index is 0.905. The molecule has 14 rings (SSSR count). The number of fused-ring (bicyclic) bond motifs is 9. The highest BCUT2D eigenvalue weighted by atomic mass is 16.3. The van der Waals surface area contributed by atoms with E-state index in [-0.39, 0.29) is 0 Å². The molecule has 1 aliphatic rings. The fourth-order valence-electron chi connectivity index (χ4n) is 11.4. The molecule has 2 heterocycles. The van der Waals surface area contributed by atoms with Gasteiger partial charge in [0.15, 0.2) is 0 Å². The average molecular weight is 894 g/mol. The maximum atomic E-state index is 6.58. The summed E-state index contributed by atoms with van der Waals surface area (Å²) in [6.45, 7) is 0. The number of rotatable bonds is 8. The monoisotopic (exact) mass is 893 g/mol. The quantitative estimate of drug-likeness (QED) is 0.152. The second-order valence-corrected chi connectivity index (χ2v) is 18.3. The van der Waals surface area contributed by atoms with Gasteiger partial charge in [-0.15, -0.1) is 0 Å². The van der Waals surface area contributed by atoms with E-state index in [1.807, 2.05) is 24.3 Å². The molecule has 0 bridgehead atoms. The van der Waals surface area contributed by atoms with Crippen molar-refractivity contribution >= 4 is 60.9 Å². The Kier molecular flexibility index (Phi) is 9.11. The van der Waals surface area contributed by atoms with Gasteiger partial charge in [0.05, 0.1) is 5.41 Å². The van der Waals surface area contributed by atoms with Crippen molar-refractivity contribution in [2.45, 2.75) is 5.41 Å². The van der Waals surface area contributed by atoms with E-state index in [0.29, 0.717) is 0 Å². The molecule has 1 aliphatic carbocycles.